The number of hydrogen-bond donors (Lipinski definition) is 2. The van der Waals surface area contributed by atoms with E-state index < -0.39 is 5.91 Å². The first-order valence-electron chi connectivity index (χ1n) is 5.75. The Kier molecular flexibility index (Phi) is 3.03. The highest BCUT2D eigenvalue weighted by Gasteiger charge is 2.14. The van der Waals surface area contributed by atoms with Gasteiger partial charge in [-0.15, -0.1) is 0 Å². The molecule has 0 aromatic carbocycles. The minimum absolute atomic E-state index is 0.0876. The fourth-order valence-corrected chi connectivity index (χ4v) is 1.96. The molecular weight excluding hydrogens is 280 g/mol. The number of hydrogen-bond acceptors (Lipinski definition) is 5. The van der Waals surface area contributed by atoms with Gasteiger partial charge in [0.15, 0.2) is 10.8 Å². The van der Waals surface area contributed by atoms with Crippen molar-refractivity contribution in [2.45, 2.75) is 6.92 Å². The van der Waals surface area contributed by atoms with Gasteiger partial charge >= 0.3 is 0 Å². The smallest absolute Gasteiger partial charge is 0.276 e. The van der Waals surface area contributed by atoms with Crippen LogP contribution in [0.2, 0.25) is 5.15 Å². The minimum atomic E-state index is -0.394. The van der Waals surface area contributed by atoms with Gasteiger partial charge in [0.2, 0.25) is 5.95 Å². The molecule has 0 radical (unpaired) electrons. The first-order valence-corrected chi connectivity index (χ1v) is 6.12. The molecule has 3 rings (SSSR count). The molecule has 0 spiro atoms. The Balaban J connectivity index is 1.93. The predicted octanol–water partition coefficient (Wildman–Crippen LogP) is 1.96. The van der Waals surface area contributed by atoms with Gasteiger partial charge in [0.05, 0.1) is 6.33 Å². The topological polar surface area (TPSA) is 96.5 Å². The van der Waals surface area contributed by atoms with Crippen molar-refractivity contribution in [2.75, 3.05) is 5.32 Å². The zero-order valence-electron chi connectivity index (χ0n) is 10.4. The number of rotatable bonds is 2. The summed E-state index contributed by atoms with van der Waals surface area (Å²) >= 11 is 5.97. The molecule has 0 saturated heterocycles. The molecule has 3 aromatic rings. The van der Waals surface area contributed by atoms with Gasteiger partial charge in [-0.1, -0.05) is 17.7 Å². The van der Waals surface area contributed by atoms with Crippen LogP contribution in [0.4, 0.5) is 5.95 Å². The molecule has 0 aliphatic heterocycles. The van der Waals surface area contributed by atoms with E-state index in [4.69, 9.17) is 11.6 Å². The summed E-state index contributed by atoms with van der Waals surface area (Å²) in [4.78, 5) is 31.0. The quantitative estimate of drug-likeness (QED) is 0.703. The Hall–Kier alpha value is -2.54. The van der Waals surface area contributed by atoms with Gasteiger partial charge in [-0.2, -0.15) is 9.97 Å². The standard InChI is InChI=1S/C12H9ClN6O/c1-6-3-2-4-14-7(6)11(20)19-12-17-9(13)8-10(18-12)16-5-15-8/h2-5H,1H3,(H2,15,16,17,18,19,20). The van der Waals surface area contributed by atoms with Gasteiger partial charge < -0.3 is 4.98 Å². The number of nitrogens with zero attached hydrogens (tertiary/aromatic N) is 4. The van der Waals surface area contributed by atoms with Gasteiger partial charge in [-0.3, -0.25) is 15.1 Å². The van der Waals surface area contributed by atoms with Crippen LogP contribution >= 0.6 is 11.6 Å². The number of fused-ring (bicyclic) bond motifs is 1. The van der Waals surface area contributed by atoms with Crippen LogP contribution in [0.15, 0.2) is 24.7 Å². The molecule has 2 N–H and O–H groups in total. The fourth-order valence-electron chi connectivity index (χ4n) is 1.74. The van der Waals surface area contributed by atoms with Crippen molar-refractivity contribution in [3.8, 4) is 0 Å². The third-order valence-corrected chi connectivity index (χ3v) is 2.96. The molecule has 100 valence electrons. The SMILES string of the molecule is Cc1cccnc1C(=O)Nc1nc(Cl)c2[nH]cnc2n1. The summed E-state index contributed by atoms with van der Waals surface area (Å²) in [5, 5.41) is 2.75. The van der Waals surface area contributed by atoms with Crippen molar-refractivity contribution < 1.29 is 4.79 Å². The van der Waals surface area contributed by atoms with E-state index in [1.54, 1.807) is 25.3 Å². The van der Waals surface area contributed by atoms with Crippen molar-refractivity contribution in [3.05, 3.63) is 41.1 Å². The molecule has 1 amide bonds. The van der Waals surface area contributed by atoms with Gasteiger partial charge in [0.1, 0.15) is 11.2 Å². The maximum Gasteiger partial charge on any atom is 0.276 e. The number of pyridine rings is 1. The van der Waals surface area contributed by atoms with Crippen molar-refractivity contribution in [3.63, 3.8) is 0 Å². The molecule has 0 bridgehead atoms. The molecule has 7 nitrogen and oxygen atoms in total. The minimum Gasteiger partial charge on any atom is -0.341 e. The molecule has 3 aromatic heterocycles. The third-order valence-electron chi connectivity index (χ3n) is 2.69. The zero-order valence-corrected chi connectivity index (χ0v) is 11.1. The van der Waals surface area contributed by atoms with Gasteiger partial charge in [0.25, 0.3) is 5.91 Å². The molecule has 0 unspecified atom stereocenters. The molecule has 20 heavy (non-hydrogen) atoms. The van der Waals surface area contributed by atoms with Gasteiger partial charge in [-0.25, -0.2) is 4.98 Å². The number of aromatic amines is 1. The van der Waals surface area contributed by atoms with Crippen molar-refractivity contribution in [1.29, 1.82) is 0 Å². The van der Waals surface area contributed by atoms with E-state index in [1.165, 1.54) is 6.33 Å². The van der Waals surface area contributed by atoms with Gasteiger partial charge in [-0.05, 0) is 18.6 Å². The van der Waals surface area contributed by atoms with E-state index in [0.29, 0.717) is 16.9 Å². The molecule has 0 aliphatic rings. The average Bonchev–Trinajstić information content (AvgIpc) is 2.88. The Morgan fingerprint density at radius 1 is 1.35 bits per heavy atom. The first-order chi connectivity index (χ1) is 9.65. The number of amides is 1. The maximum absolute atomic E-state index is 12.1. The number of anilines is 1. The van der Waals surface area contributed by atoms with Crippen LogP contribution in [0.25, 0.3) is 11.2 Å². The second-order valence-electron chi connectivity index (χ2n) is 4.06. The van der Waals surface area contributed by atoms with E-state index in [0.717, 1.165) is 5.56 Å². The van der Waals surface area contributed by atoms with Crippen LogP contribution in [0.5, 0.6) is 0 Å². The fraction of sp³-hybridized carbons (Fsp3) is 0.0833. The highest BCUT2D eigenvalue weighted by molar-refractivity contribution is 6.33. The Morgan fingerprint density at radius 2 is 2.20 bits per heavy atom. The maximum atomic E-state index is 12.1. The lowest BCUT2D eigenvalue weighted by molar-refractivity contribution is 0.102. The van der Waals surface area contributed by atoms with Crippen molar-refractivity contribution in [1.82, 2.24) is 24.9 Å². The summed E-state index contributed by atoms with van der Waals surface area (Å²) in [7, 11) is 0. The number of carbonyl (C=O) groups is 1. The number of imidazole rings is 1. The third kappa shape index (κ3) is 2.19. The first kappa shape index (κ1) is 12.5. The summed E-state index contributed by atoms with van der Waals surface area (Å²) in [6, 6.07) is 3.56. The highest BCUT2D eigenvalue weighted by Crippen LogP contribution is 2.18. The number of H-pyrrole nitrogens is 1. The zero-order chi connectivity index (χ0) is 14.1. The Bertz CT molecular complexity index is 799. The summed E-state index contributed by atoms with van der Waals surface area (Å²) in [5.41, 5.74) is 1.99. The lowest BCUT2D eigenvalue weighted by atomic mass is 10.2. The van der Waals surface area contributed by atoms with E-state index in [-0.39, 0.29) is 11.1 Å². The number of nitrogens with one attached hydrogen (secondary N) is 2. The Labute approximate surface area is 118 Å². The second kappa shape index (κ2) is 4.86. The van der Waals surface area contributed by atoms with E-state index in [9.17, 15) is 4.79 Å². The summed E-state index contributed by atoms with van der Waals surface area (Å²) in [6.07, 6.45) is 3.01. The van der Waals surface area contributed by atoms with E-state index in [2.05, 4.69) is 30.2 Å². The number of carbonyl (C=O) groups excluding carboxylic acids is 1. The van der Waals surface area contributed by atoms with Crippen LogP contribution in [0.3, 0.4) is 0 Å². The van der Waals surface area contributed by atoms with Crippen molar-refractivity contribution in [2.24, 2.45) is 0 Å². The van der Waals surface area contributed by atoms with Crippen molar-refractivity contribution >= 4 is 34.6 Å². The normalized spacial score (nSPS) is 10.7. The molecule has 0 saturated carbocycles. The molecule has 3 heterocycles. The highest BCUT2D eigenvalue weighted by atomic mass is 35.5. The lowest BCUT2D eigenvalue weighted by Crippen LogP contribution is -2.17. The molecular formula is C12H9ClN6O. The van der Waals surface area contributed by atoms with Crippen LogP contribution in [0.1, 0.15) is 16.1 Å². The average molecular weight is 289 g/mol. The predicted molar refractivity (Wildman–Crippen MR) is 73.6 cm³/mol. The van der Waals surface area contributed by atoms with Crippen LogP contribution in [0, 0.1) is 6.92 Å². The number of halogens is 1. The molecule has 0 fully saturated rings. The van der Waals surface area contributed by atoms with Crippen LogP contribution in [-0.4, -0.2) is 30.8 Å². The molecule has 0 aliphatic carbocycles. The van der Waals surface area contributed by atoms with Gasteiger partial charge in [0, 0.05) is 6.20 Å². The Morgan fingerprint density at radius 3 is 3.00 bits per heavy atom. The van der Waals surface area contributed by atoms with E-state index in [1.807, 2.05) is 0 Å². The summed E-state index contributed by atoms with van der Waals surface area (Å²) < 4.78 is 0. The summed E-state index contributed by atoms with van der Waals surface area (Å²) in [5.74, 6) is -0.307. The number of aryl methyl sites for hydroxylation is 1. The monoisotopic (exact) mass is 288 g/mol. The summed E-state index contributed by atoms with van der Waals surface area (Å²) in [6.45, 7) is 1.80. The number of aromatic nitrogens is 5. The van der Waals surface area contributed by atoms with Crippen LogP contribution in [-0.2, 0) is 0 Å². The van der Waals surface area contributed by atoms with E-state index >= 15 is 0 Å². The van der Waals surface area contributed by atoms with Crippen LogP contribution < -0.4 is 5.32 Å². The lowest BCUT2D eigenvalue weighted by Gasteiger charge is -2.05. The second-order valence-corrected chi connectivity index (χ2v) is 4.42. The molecule has 8 heteroatoms. The molecule has 0 atom stereocenters. The largest absolute Gasteiger partial charge is 0.341 e.